The number of aromatic nitrogens is 1. The lowest BCUT2D eigenvalue weighted by Crippen LogP contribution is -2.61. The van der Waals surface area contributed by atoms with Crippen LogP contribution in [0.2, 0.25) is 0 Å². The van der Waals surface area contributed by atoms with Gasteiger partial charge in [-0.15, -0.1) is 0 Å². The molecule has 7 heterocycles. The molecule has 7 aliphatic rings. The Labute approximate surface area is 567 Å². The molecule has 1 aliphatic carbocycles. The van der Waals surface area contributed by atoms with Gasteiger partial charge in [0.2, 0.25) is 17.9 Å². The van der Waals surface area contributed by atoms with Gasteiger partial charge in [-0.2, -0.15) is 30.0 Å². The number of hydrogen-bond acceptors (Lipinski definition) is 10. The van der Waals surface area contributed by atoms with Gasteiger partial charge in [0.1, 0.15) is 11.5 Å². The molecule has 11 nitrogen and oxygen atoms in total. The summed E-state index contributed by atoms with van der Waals surface area (Å²) in [4.78, 5) is 37.5. The first-order valence-electron chi connectivity index (χ1n) is 33.6. The third kappa shape index (κ3) is 8.11. The molecule has 0 amide bonds. The first-order chi connectivity index (χ1) is 47.9. The van der Waals surface area contributed by atoms with Crippen molar-refractivity contribution in [1.82, 2.24) is 9.47 Å². The molecule has 6 aliphatic heterocycles. The van der Waals surface area contributed by atoms with Crippen molar-refractivity contribution in [3.05, 3.63) is 311 Å². The molecule has 13 aromatic rings. The summed E-state index contributed by atoms with van der Waals surface area (Å²) in [5.41, 5.74) is 27.4. The predicted octanol–water partition coefficient (Wildman–Crippen LogP) is 17.9. The highest BCUT2D eigenvalue weighted by Crippen LogP contribution is 2.55. The molecular formula is C86H61BN10O. The molecule has 0 saturated carbocycles. The van der Waals surface area contributed by atoms with Gasteiger partial charge >= 0.3 is 0 Å². The van der Waals surface area contributed by atoms with E-state index in [1.54, 1.807) is 4.90 Å². The number of ether oxygens (including phenoxy) is 1. The number of amidine groups is 3. The Bertz CT molecular complexity index is 5780. The van der Waals surface area contributed by atoms with E-state index >= 15 is 0 Å². The molecule has 464 valence electrons. The number of hydrogen-bond donors (Lipinski definition) is 0. The van der Waals surface area contributed by atoms with Crippen LogP contribution < -0.4 is 30.9 Å². The van der Waals surface area contributed by atoms with E-state index < -0.39 is 0 Å². The maximum Gasteiger partial charge on any atom is 0.252 e. The van der Waals surface area contributed by atoms with Gasteiger partial charge in [-0.1, -0.05) is 204 Å². The first-order valence-corrected chi connectivity index (χ1v) is 33.6. The van der Waals surface area contributed by atoms with Crippen molar-refractivity contribution in [2.45, 2.75) is 52.4 Å². The van der Waals surface area contributed by atoms with Crippen LogP contribution >= 0.6 is 0 Å². The molecule has 98 heavy (non-hydrogen) atoms. The fourth-order valence-electron chi connectivity index (χ4n) is 16.6. The summed E-state index contributed by atoms with van der Waals surface area (Å²) in [5.74, 6) is 4.43. The second-order valence-corrected chi connectivity index (χ2v) is 27.6. The van der Waals surface area contributed by atoms with Crippen molar-refractivity contribution < 1.29 is 4.74 Å². The minimum absolute atomic E-state index is 0.224. The van der Waals surface area contributed by atoms with Crippen molar-refractivity contribution in [1.29, 1.82) is 0 Å². The van der Waals surface area contributed by atoms with Crippen molar-refractivity contribution in [2.75, 3.05) is 9.80 Å². The van der Waals surface area contributed by atoms with Crippen LogP contribution in [0.5, 0.6) is 11.5 Å². The van der Waals surface area contributed by atoms with Crippen LogP contribution in [0.3, 0.4) is 0 Å². The Morgan fingerprint density at radius 2 is 0.857 bits per heavy atom. The maximum atomic E-state index is 7.16. The number of aryl methyl sites for hydroxylation is 2. The fraction of sp³-hybridized carbons (Fsp3) is 0.0930. The van der Waals surface area contributed by atoms with Gasteiger partial charge in [-0.25, -0.2) is 4.90 Å². The number of para-hydroxylation sites is 4. The van der Waals surface area contributed by atoms with Gasteiger partial charge in [0.15, 0.2) is 17.5 Å². The number of anilines is 6. The lowest BCUT2D eigenvalue weighted by Gasteiger charge is -2.46. The highest BCUT2D eigenvalue weighted by atomic mass is 16.5. The van der Waals surface area contributed by atoms with E-state index in [0.29, 0.717) is 35.4 Å². The molecule has 20 rings (SSSR count). The van der Waals surface area contributed by atoms with Crippen LogP contribution in [0.15, 0.2) is 291 Å². The average Bonchev–Trinajstić information content (AvgIpc) is 0.881. The fourth-order valence-corrected chi connectivity index (χ4v) is 16.6. The zero-order valence-corrected chi connectivity index (χ0v) is 54.8. The summed E-state index contributed by atoms with van der Waals surface area (Å²) in [6.07, 6.45) is 0. The Balaban J connectivity index is 0.845. The molecule has 0 spiro atoms. The number of nitrogens with zero attached hydrogens (tertiary/aromatic N) is 10. The SMILES string of the molecule is Cc1cccc(C)c1N1c2cc3c(cc2B2c4ccc(-n5c6ccccc6c6ccccc65)cc4N(c4ccc(C5=NC6=NC(c7ccccc7)=NC7=NC(c8ccccc8)=NC(=N5)N76)cc4)c4cc(-c5ccc6c(c5)C(C)(C)c5ccccc5-6)cc1c42)Oc1ccccc1C3(C)C. The van der Waals surface area contributed by atoms with Gasteiger partial charge in [-0.3, -0.25) is 0 Å². The normalized spacial score (nSPS) is 16.0. The monoisotopic (exact) mass is 1260 g/mol. The molecule has 0 radical (unpaired) electrons. The average molecular weight is 1260 g/mol. The summed E-state index contributed by atoms with van der Waals surface area (Å²) in [7, 11) is 0. The third-order valence-electron chi connectivity index (χ3n) is 21.3. The second kappa shape index (κ2) is 20.6. The Morgan fingerprint density at radius 1 is 0.337 bits per heavy atom. The number of aliphatic imine (C=N–C) groups is 6. The molecule has 12 aromatic carbocycles. The quantitative estimate of drug-likeness (QED) is 0.148. The van der Waals surface area contributed by atoms with Gasteiger partial charge in [0, 0.05) is 83.5 Å². The molecule has 0 N–H and O–H groups in total. The standard InChI is InChI=1S/C86H61BN10O/c1-50-22-21-23-51(2)78(50)96-72-48-66-76(98-75-35-20-17-32-64(75)86(66,5)6)49-68(72)87-67-43-41-58(95-69-33-18-14-29-61(69)62-30-15-19-34-70(62)95)47-71(67)94(73-45-56(46-74(96)77(73)87)55-38-42-60-59-28-13-16-31-63(59)85(3,4)65(60)44-55)57-39-36-54(37-40-57)81-92-83-90-79(52-24-9-7-10-25-52)88-82-89-80(53-26-11-8-12-27-53)91-84(93-81)97(82)83/h7-49H,1-6H3. The number of rotatable bonds is 7. The molecule has 0 saturated heterocycles. The van der Waals surface area contributed by atoms with Crippen molar-refractivity contribution in [3.8, 4) is 39.4 Å². The lowest BCUT2D eigenvalue weighted by molar-refractivity contribution is 0.418. The summed E-state index contributed by atoms with van der Waals surface area (Å²) in [6, 6.07) is 94.6. The Morgan fingerprint density at radius 3 is 1.51 bits per heavy atom. The van der Waals surface area contributed by atoms with E-state index in [2.05, 4.69) is 256 Å². The summed E-state index contributed by atoms with van der Waals surface area (Å²) in [5, 5.41) is 2.41. The van der Waals surface area contributed by atoms with E-state index in [-0.39, 0.29) is 17.5 Å². The van der Waals surface area contributed by atoms with Crippen molar-refractivity contribution in [2.24, 2.45) is 30.0 Å². The van der Waals surface area contributed by atoms with Crippen LogP contribution in [0.4, 0.5) is 34.1 Å². The smallest absolute Gasteiger partial charge is 0.252 e. The molecule has 0 atom stereocenters. The summed E-state index contributed by atoms with van der Waals surface area (Å²) in [6.45, 7) is 13.7. The highest BCUT2D eigenvalue weighted by Gasteiger charge is 2.47. The summed E-state index contributed by atoms with van der Waals surface area (Å²) < 4.78 is 9.60. The first kappa shape index (κ1) is 56.1. The van der Waals surface area contributed by atoms with Crippen LogP contribution in [0, 0.1) is 13.8 Å². The van der Waals surface area contributed by atoms with E-state index in [4.69, 9.17) is 34.7 Å². The molecular weight excluding hydrogens is 1200 g/mol. The van der Waals surface area contributed by atoms with Gasteiger partial charge in [0.25, 0.3) is 6.71 Å². The molecule has 0 fully saturated rings. The van der Waals surface area contributed by atoms with Crippen LogP contribution in [-0.2, 0) is 10.8 Å². The largest absolute Gasteiger partial charge is 0.457 e. The zero-order valence-electron chi connectivity index (χ0n) is 54.8. The van der Waals surface area contributed by atoms with Gasteiger partial charge < -0.3 is 19.1 Å². The highest BCUT2D eigenvalue weighted by molar-refractivity contribution is 7.00. The predicted molar refractivity (Wildman–Crippen MR) is 403 cm³/mol. The van der Waals surface area contributed by atoms with E-state index in [1.165, 1.54) is 66.1 Å². The molecule has 0 bridgehead atoms. The van der Waals surface area contributed by atoms with Crippen LogP contribution in [0.25, 0.3) is 49.7 Å². The minimum atomic E-state index is -0.387. The summed E-state index contributed by atoms with van der Waals surface area (Å²) >= 11 is 0. The Hall–Kier alpha value is -12.3. The van der Waals surface area contributed by atoms with E-state index in [9.17, 15) is 0 Å². The molecule has 0 unspecified atom stereocenters. The van der Waals surface area contributed by atoms with E-state index in [1.807, 2.05) is 60.7 Å². The molecule has 1 aromatic heterocycles. The Kier molecular flexibility index (Phi) is 11.8. The van der Waals surface area contributed by atoms with Crippen molar-refractivity contribution >= 4 is 114 Å². The van der Waals surface area contributed by atoms with Crippen molar-refractivity contribution in [3.63, 3.8) is 0 Å². The number of guanidine groups is 3. The topological polar surface area (TPSA) is 98.0 Å². The van der Waals surface area contributed by atoms with Gasteiger partial charge in [0.05, 0.1) is 16.7 Å². The lowest BCUT2D eigenvalue weighted by atomic mass is 9.33. The zero-order chi connectivity index (χ0) is 65.4. The number of fused-ring (bicyclic) bond motifs is 12. The maximum absolute atomic E-state index is 7.16. The van der Waals surface area contributed by atoms with Crippen LogP contribution in [0.1, 0.15) is 77.8 Å². The third-order valence-corrected chi connectivity index (χ3v) is 21.3. The van der Waals surface area contributed by atoms with Crippen LogP contribution in [-0.4, -0.2) is 51.6 Å². The second-order valence-electron chi connectivity index (χ2n) is 27.6. The van der Waals surface area contributed by atoms with Gasteiger partial charge in [-0.05, 0) is 160 Å². The minimum Gasteiger partial charge on any atom is -0.457 e. The van der Waals surface area contributed by atoms with E-state index in [0.717, 1.165) is 95.7 Å². The number of benzene rings is 12. The molecule has 12 heteroatoms.